The molecular formula is C25H43NO2. The molecule has 1 aromatic carbocycles. The molecule has 0 saturated carbocycles. The lowest BCUT2D eigenvalue weighted by atomic mass is 10.0. The van der Waals surface area contributed by atoms with Crippen LogP contribution in [-0.4, -0.2) is 29.0 Å². The van der Waals surface area contributed by atoms with Gasteiger partial charge in [-0.3, -0.25) is 0 Å². The summed E-state index contributed by atoms with van der Waals surface area (Å²) in [6.07, 6.45) is 19.1. The van der Waals surface area contributed by atoms with E-state index in [-0.39, 0.29) is 12.6 Å². The Labute approximate surface area is 173 Å². The predicted molar refractivity (Wildman–Crippen MR) is 120 cm³/mol. The van der Waals surface area contributed by atoms with Crippen molar-refractivity contribution in [2.45, 2.75) is 103 Å². The van der Waals surface area contributed by atoms with Crippen LogP contribution in [0.15, 0.2) is 42.5 Å². The Hall–Kier alpha value is -1.16. The summed E-state index contributed by atoms with van der Waals surface area (Å²) in [5.74, 6) is 0. The van der Waals surface area contributed by atoms with Gasteiger partial charge in [0, 0.05) is 6.54 Å². The number of hydrogen-bond acceptors (Lipinski definition) is 3. The number of nitrogens with one attached hydrogen (secondary N) is 1. The first-order valence-corrected chi connectivity index (χ1v) is 11.5. The lowest BCUT2D eigenvalue weighted by Gasteiger charge is -2.20. The van der Waals surface area contributed by atoms with Crippen LogP contribution < -0.4 is 5.32 Å². The van der Waals surface area contributed by atoms with Gasteiger partial charge in [0.1, 0.15) is 0 Å². The average Bonchev–Trinajstić information content (AvgIpc) is 2.72. The molecule has 160 valence electrons. The third-order valence-electron chi connectivity index (χ3n) is 5.33. The molecule has 0 fully saturated rings. The summed E-state index contributed by atoms with van der Waals surface area (Å²) < 4.78 is 0. The third-order valence-corrected chi connectivity index (χ3v) is 5.33. The van der Waals surface area contributed by atoms with Gasteiger partial charge in [0.2, 0.25) is 0 Å². The smallest absolute Gasteiger partial charge is 0.0896 e. The molecule has 0 spiro atoms. The molecule has 0 aliphatic carbocycles. The Morgan fingerprint density at radius 1 is 0.857 bits per heavy atom. The van der Waals surface area contributed by atoms with Gasteiger partial charge in [0.15, 0.2) is 0 Å². The number of rotatable bonds is 18. The molecule has 0 bridgehead atoms. The van der Waals surface area contributed by atoms with Crippen molar-refractivity contribution in [1.29, 1.82) is 0 Å². The fourth-order valence-electron chi connectivity index (χ4n) is 3.43. The van der Waals surface area contributed by atoms with Crippen LogP contribution >= 0.6 is 0 Å². The molecule has 0 radical (unpaired) electrons. The van der Waals surface area contributed by atoms with Gasteiger partial charge in [0.05, 0.1) is 18.8 Å². The zero-order chi connectivity index (χ0) is 20.3. The van der Waals surface area contributed by atoms with Crippen LogP contribution in [-0.2, 0) is 6.54 Å². The van der Waals surface area contributed by atoms with Gasteiger partial charge in [-0.25, -0.2) is 0 Å². The van der Waals surface area contributed by atoms with E-state index in [1.807, 2.05) is 36.4 Å². The van der Waals surface area contributed by atoms with Crippen LogP contribution in [0.3, 0.4) is 0 Å². The van der Waals surface area contributed by atoms with Gasteiger partial charge in [-0.15, -0.1) is 0 Å². The van der Waals surface area contributed by atoms with E-state index in [1.165, 1.54) is 70.6 Å². The van der Waals surface area contributed by atoms with Gasteiger partial charge < -0.3 is 15.5 Å². The minimum absolute atomic E-state index is 0.0726. The van der Waals surface area contributed by atoms with Gasteiger partial charge in [-0.05, 0) is 18.4 Å². The van der Waals surface area contributed by atoms with Crippen molar-refractivity contribution in [3.63, 3.8) is 0 Å². The van der Waals surface area contributed by atoms with Gasteiger partial charge in [-0.1, -0.05) is 114 Å². The fourth-order valence-corrected chi connectivity index (χ4v) is 3.43. The molecule has 0 heterocycles. The van der Waals surface area contributed by atoms with E-state index < -0.39 is 6.10 Å². The Balaban J connectivity index is 2.01. The first kappa shape index (κ1) is 24.9. The predicted octanol–water partition coefficient (Wildman–Crippen LogP) is 5.76. The fraction of sp³-hybridized carbons (Fsp3) is 0.680. The molecule has 2 atom stereocenters. The molecule has 0 aliphatic rings. The molecule has 3 N–H and O–H groups in total. The van der Waals surface area contributed by atoms with Crippen molar-refractivity contribution in [2.24, 2.45) is 0 Å². The monoisotopic (exact) mass is 389 g/mol. The second-order valence-corrected chi connectivity index (χ2v) is 7.90. The van der Waals surface area contributed by atoms with Crippen molar-refractivity contribution in [2.75, 3.05) is 6.61 Å². The number of unbranched alkanes of at least 4 members (excludes halogenated alkanes) is 11. The van der Waals surface area contributed by atoms with E-state index in [4.69, 9.17) is 0 Å². The topological polar surface area (TPSA) is 52.5 Å². The average molecular weight is 390 g/mol. The minimum Gasteiger partial charge on any atom is -0.395 e. The minimum atomic E-state index is -0.651. The highest BCUT2D eigenvalue weighted by molar-refractivity contribution is 5.14. The third kappa shape index (κ3) is 13.1. The largest absolute Gasteiger partial charge is 0.395 e. The summed E-state index contributed by atoms with van der Waals surface area (Å²) in [5, 5.41) is 23.0. The number of aliphatic hydroxyl groups is 2. The van der Waals surface area contributed by atoms with Crippen LogP contribution in [0.4, 0.5) is 0 Å². The molecule has 0 unspecified atom stereocenters. The van der Waals surface area contributed by atoms with Crippen LogP contribution in [0, 0.1) is 0 Å². The molecule has 3 heteroatoms. The second kappa shape index (κ2) is 17.9. The van der Waals surface area contributed by atoms with Crippen molar-refractivity contribution >= 4 is 0 Å². The van der Waals surface area contributed by atoms with Crippen molar-refractivity contribution in [3.05, 3.63) is 48.0 Å². The Morgan fingerprint density at radius 3 is 2.00 bits per heavy atom. The SMILES string of the molecule is CCCCCCCCCCCCCC=C[C@@H](O)[C@H](CO)NCc1ccccc1. The number of hydrogen-bond donors (Lipinski definition) is 3. The lowest BCUT2D eigenvalue weighted by molar-refractivity contribution is 0.122. The van der Waals surface area contributed by atoms with Crippen molar-refractivity contribution in [3.8, 4) is 0 Å². The Kier molecular flexibility index (Phi) is 15.9. The Morgan fingerprint density at radius 2 is 1.43 bits per heavy atom. The van der Waals surface area contributed by atoms with Gasteiger partial charge in [-0.2, -0.15) is 0 Å². The highest BCUT2D eigenvalue weighted by atomic mass is 16.3. The summed E-state index contributed by atoms with van der Waals surface area (Å²) in [4.78, 5) is 0. The quantitative estimate of drug-likeness (QED) is 0.221. The van der Waals surface area contributed by atoms with Crippen LogP contribution in [0.25, 0.3) is 0 Å². The number of aliphatic hydroxyl groups excluding tert-OH is 2. The zero-order valence-corrected chi connectivity index (χ0v) is 18.0. The molecule has 1 rings (SSSR count). The molecule has 0 saturated heterocycles. The maximum Gasteiger partial charge on any atom is 0.0896 e. The van der Waals surface area contributed by atoms with Gasteiger partial charge >= 0.3 is 0 Å². The number of allylic oxidation sites excluding steroid dienone is 1. The molecule has 0 amide bonds. The summed E-state index contributed by atoms with van der Waals surface area (Å²) in [6.45, 7) is 2.84. The molecule has 0 aromatic heterocycles. The molecular weight excluding hydrogens is 346 g/mol. The van der Waals surface area contributed by atoms with E-state index in [0.717, 1.165) is 12.0 Å². The maximum atomic E-state index is 10.3. The van der Waals surface area contributed by atoms with Crippen LogP contribution in [0.2, 0.25) is 0 Å². The number of benzene rings is 1. The standard InChI is InChI=1S/C25H43NO2/c1-2-3-4-5-6-7-8-9-10-11-12-13-17-20-25(28)24(22-27)26-21-23-18-15-14-16-19-23/h14-20,24-28H,2-13,21-22H2,1H3/t24-,25+/m0/s1. The van der Waals surface area contributed by atoms with E-state index in [2.05, 4.69) is 18.3 Å². The van der Waals surface area contributed by atoms with E-state index in [0.29, 0.717) is 6.54 Å². The highest BCUT2D eigenvalue weighted by Gasteiger charge is 2.14. The van der Waals surface area contributed by atoms with Crippen molar-refractivity contribution < 1.29 is 10.2 Å². The molecule has 3 nitrogen and oxygen atoms in total. The first-order valence-electron chi connectivity index (χ1n) is 11.5. The lowest BCUT2D eigenvalue weighted by Crippen LogP contribution is -2.41. The van der Waals surface area contributed by atoms with E-state index in [1.54, 1.807) is 0 Å². The molecule has 28 heavy (non-hydrogen) atoms. The highest BCUT2D eigenvalue weighted by Crippen LogP contribution is 2.12. The Bertz CT molecular complexity index is 475. The van der Waals surface area contributed by atoms with Crippen LogP contribution in [0.5, 0.6) is 0 Å². The van der Waals surface area contributed by atoms with Gasteiger partial charge in [0.25, 0.3) is 0 Å². The summed E-state index contributed by atoms with van der Waals surface area (Å²) in [5.41, 5.74) is 1.15. The zero-order valence-electron chi connectivity index (χ0n) is 18.0. The van der Waals surface area contributed by atoms with E-state index >= 15 is 0 Å². The molecule has 0 aliphatic heterocycles. The summed E-state index contributed by atoms with van der Waals surface area (Å²) in [7, 11) is 0. The first-order chi connectivity index (χ1) is 13.8. The normalized spacial score (nSPS) is 13.8. The maximum absolute atomic E-state index is 10.3. The van der Waals surface area contributed by atoms with E-state index in [9.17, 15) is 10.2 Å². The van der Waals surface area contributed by atoms with Crippen LogP contribution in [0.1, 0.15) is 89.5 Å². The van der Waals surface area contributed by atoms with Crippen molar-refractivity contribution in [1.82, 2.24) is 5.32 Å². The summed E-state index contributed by atoms with van der Waals surface area (Å²) in [6, 6.07) is 9.73. The summed E-state index contributed by atoms with van der Waals surface area (Å²) >= 11 is 0. The molecule has 1 aromatic rings. The second-order valence-electron chi connectivity index (χ2n) is 7.90.